The van der Waals surface area contributed by atoms with E-state index in [1.807, 2.05) is 40.1 Å². The number of aromatic nitrogens is 3. The van der Waals surface area contributed by atoms with E-state index in [9.17, 15) is 4.79 Å². The maximum absolute atomic E-state index is 12.9. The van der Waals surface area contributed by atoms with Crippen molar-refractivity contribution in [3.8, 4) is 17.3 Å². The minimum Gasteiger partial charge on any atom is -0.493 e. The van der Waals surface area contributed by atoms with Crippen LogP contribution >= 0.6 is 0 Å². The Morgan fingerprint density at radius 2 is 1.59 bits per heavy atom. The van der Waals surface area contributed by atoms with Gasteiger partial charge in [0.25, 0.3) is 5.91 Å². The van der Waals surface area contributed by atoms with Gasteiger partial charge >= 0.3 is 0 Å². The Balaban J connectivity index is 1.43. The number of hydrogen-bond acceptors (Lipinski definition) is 6. The van der Waals surface area contributed by atoms with Crippen LogP contribution in [0, 0.1) is 0 Å². The molecule has 150 valence electrons. The summed E-state index contributed by atoms with van der Waals surface area (Å²) in [6.07, 6.45) is 5.48. The van der Waals surface area contributed by atoms with Crippen molar-refractivity contribution in [3.63, 3.8) is 0 Å². The molecular formula is C21H23N5O3. The number of hydrogen-bond donors (Lipinski definition) is 0. The fourth-order valence-electron chi connectivity index (χ4n) is 3.43. The molecule has 0 atom stereocenters. The zero-order valence-corrected chi connectivity index (χ0v) is 16.5. The van der Waals surface area contributed by atoms with Gasteiger partial charge in [0, 0.05) is 50.2 Å². The molecule has 0 bridgehead atoms. The fourth-order valence-corrected chi connectivity index (χ4v) is 3.43. The van der Waals surface area contributed by atoms with Gasteiger partial charge in [-0.3, -0.25) is 4.79 Å². The largest absolute Gasteiger partial charge is 0.493 e. The second-order valence-corrected chi connectivity index (χ2v) is 6.67. The number of benzene rings is 1. The molecule has 8 heteroatoms. The van der Waals surface area contributed by atoms with E-state index in [-0.39, 0.29) is 5.91 Å². The monoisotopic (exact) mass is 393 g/mol. The molecule has 1 aromatic carbocycles. The number of carbonyl (C=O) groups excluding carboxylic acids is 1. The SMILES string of the molecule is COc1ccc(C(=O)N2CCN(c3cc(-n4cccc4)ncn3)CC2)cc1OC. The van der Waals surface area contributed by atoms with Gasteiger partial charge in [0.1, 0.15) is 18.0 Å². The standard InChI is InChI=1S/C21H23N5O3/c1-28-17-6-5-16(13-18(17)29-2)21(27)26-11-9-25(10-12-26)20-14-19(22-15-23-20)24-7-3-4-8-24/h3-8,13-15H,9-12H2,1-2H3. The molecule has 1 aliphatic rings. The molecule has 8 nitrogen and oxygen atoms in total. The summed E-state index contributed by atoms with van der Waals surface area (Å²) in [6.45, 7) is 2.66. The lowest BCUT2D eigenvalue weighted by Gasteiger charge is -2.35. The quantitative estimate of drug-likeness (QED) is 0.662. The lowest BCUT2D eigenvalue weighted by atomic mass is 10.1. The van der Waals surface area contributed by atoms with Crippen LogP contribution < -0.4 is 14.4 Å². The van der Waals surface area contributed by atoms with Crippen molar-refractivity contribution < 1.29 is 14.3 Å². The van der Waals surface area contributed by atoms with Crippen LogP contribution in [0.2, 0.25) is 0 Å². The number of ether oxygens (including phenoxy) is 2. The van der Waals surface area contributed by atoms with Crippen LogP contribution in [0.1, 0.15) is 10.4 Å². The molecule has 1 saturated heterocycles. The van der Waals surface area contributed by atoms with Crippen LogP contribution in [-0.2, 0) is 0 Å². The summed E-state index contributed by atoms with van der Waals surface area (Å²) in [5.74, 6) is 2.83. The zero-order valence-electron chi connectivity index (χ0n) is 16.5. The first-order valence-corrected chi connectivity index (χ1v) is 9.41. The van der Waals surface area contributed by atoms with E-state index < -0.39 is 0 Å². The number of piperazine rings is 1. The Bertz CT molecular complexity index is 982. The summed E-state index contributed by atoms with van der Waals surface area (Å²) in [6, 6.07) is 11.1. The molecule has 1 amide bonds. The normalized spacial score (nSPS) is 14.0. The van der Waals surface area contributed by atoms with E-state index in [1.165, 1.54) is 0 Å². The molecule has 29 heavy (non-hydrogen) atoms. The van der Waals surface area contributed by atoms with Gasteiger partial charge in [-0.1, -0.05) is 0 Å². The van der Waals surface area contributed by atoms with Crippen molar-refractivity contribution in [2.45, 2.75) is 0 Å². The van der Waals surface area contributed by atoms with E-state index in [2.05, 4.69) is 14.9 Å². The first-order chi connectivity index (χ1) is 14.2. The van der Waals surface area contributed by atoms with Crippen LogP contribution in [0.4, 0.5) is 5.82 Å². The van der Waals surface area contributed by atoms with Crippen molar-refractivity contribution in [2.24, 2.45) is 0 Å². The number of anilines is 1. The molecule has 4 rings (SSSR count). The number of rotatable bonds is 5. The third kappa shape index (κ3) is 3.87. The first-order valence-electron chi connectivity index (χ1n) is 9.41. The molecule has 0 aliphatic carbocycles. The highest BCUT2D eigenvalue weighted by molar-refractivity contribution is 5.95. The van der Waals surface area contributed by atoms with Gasteiger partial charge in [0.15, 0.2) is 11.5 Å². The van der Waals surface area contributed by atoms with Crippen LogP contribution in [-0.4, -0.2) is 65.7 Å². The van der Waals surface area contributed by atoms with Crippen molar-refractivity contribution >= 4 is 11.7 Å². The minimum absolute atomic E-state index is 0.0127. The second kappa shape index (κ2) is 8.22. The molecule has 3 aromatic rings. The van der Waals surface area contributed by atoms with Crippen LogP contribution in [0.3, 0.4) is 0 Å². The molecule has 1 aliphatic heterocycles. The number of methoxy groups -OCH3 is 2. The molecule has 2 aromatic heterocycles. The number of amides is 1. The smallest absolute Gasteiger partial charge is 0.254 e. The maximum Gasteiger partial charge on any atom is 0.254 e. The third-order valence-corrected chi connectivity index (χ3v) is 5.03. The van der Waals surface area contributed by atoms with E-state index in [0.29, 0.717) is 43.2 Å². The second-order valence-electron chi connectivity index (χ2n) is 6.67. The average Bonchev–Trinajstić information content (AvgIpc) is 3.33. The zero-order chi connectivity index (χ0) is 20.2. The fraction of sp³-hybridized carbons (Fsp3) is 0.286. The Hall–Kier alpha value is -3.55. The molecule has 0 N–H and O–H groups in total. The summed E-state index contributed by atoms with van der Waals surface area (Å²) in [5, 5.41) is 0. The highest BCUT2D eigenvalue weighted by Gasteiger charge is 2.24. The van der Waals surface area contributed by atoms with Crippen molar-refractivity contribution in [1.29, 1.82) is 0 Å². The summed E-state index contributed by atoms with van der Waals surface area (Å²) >= 11 is 0. The number of carbonyl (C=O) groups is 1. The topological polar surface area (TPSA) is 72.7 Å². The maximum atomic E-state index is 12.9. The van der Waals surface area contributed by atoms with Crippen LogP contribution in [0.15, 0.2) is 55.1 Å². The van der Waals surface area contributed by atoms with Gasteiger partial charge < -0.3 is 23.8 Å². The van der Waals surface area contributed by atoms with Crippen molar-refractivity contribution in [2.75, 3.05) is 45.3 Å². The summed E-state index contributed by atoms with van der Waals surface area (Å²) < 4.78 is 12.5. The predicted molar refractivity (Wildman–Crippen MR) is 109 cm³/mol. The molecule has 0 radical (unpaired) electrons. The van der Waals surface area contributed by atoms with E-state index in [0.717, 1.165) is 11.6 Å². The lowest BCUT2D eigenvalue weighted by Crippen LogP contribution is -2.49. The van der Waals surface area contributed by atoms with E-state index in [4.69, 9.17) is 9.47 Å². The summed E-state index contributed by atoms with van der Waals surface area (Å²) in [4.78, 5) is 25.7. The molecule has 1 fully saturated rings. The lowest BCUT2D eigenvalue weighted by molar-refractivity contribution is 0.0746. The molecule has 0 unspecified atom stereocenters. The highest BCUT2D eigenvalue weighted by atomic mass is 16.5. The van der Waals surface area contributed by atoms with Crippen LogP contribution in [0.5, 0.6) is 11.5 Å². The first kappa shape index (κ1) is 18.8. The molecule has 0 saturated carbocycles. The van der Waals surface area contributed by atoms with E-state index in [1.54, 1.807) is 38.7 Å². The Kier molecular flexibility index (Phi) is 5.33. The van der Waals surface area contributed by atoms with Gasteiger partial charge in [0.2, 0.25) is 0 Å². The molecule has 0 spiro atoms. The summed E-state index contributed by atoms with van der Waals surface area (Å²) in [7, 11) is 3.14. The minimum atomic E-state index is -0.0127. The van der Waals surface area contributed by atoms with Gasteiger partial charge in [-0.2, -0.15) is 0 Å². The van der Waals surface area contributed by atoms with Crippen molar-refractivity contribution in [1.82, 2.24) is 19.4 Å². The van der Waals surface area contributed by atoms with Gasteiger partial charge in [-0.15, -0.1) is 0 Å². The number of nitrogens with zero attached hydrogens (tertiary/aromatic N) is 5. The Morgan fingerprint density at radius 3 is 2.28 bits per heavy atom. The Morgan fingerprint density at radius 1 is 0.897 bits per heavy atom. The van der Waals surface area contributed by atoms with Gasteiger partial charge in [-0.25, -0.2) is 9.97 Å². The highest BCUT2D eigenvalue weighted by Crippen LogP contribution is 2.28. The van der Waals surface area contributed by atoms with Crippen LogP contribution in [0.25, 0.3) is 5.82 Å². The Labute approximate surface area is 169 Å². The predicted octanol–water partition coefficient (Wildman–Crippen LogP) is 2.25. The molecular weight excluding hydrogens is 370 g/mol. The summed E-state index contributed by atoms with van der Waals surface area (Å²) in [5.41, 5.74) is 0.591. The average molecular weight is 393 g/mol. The third-order valence-electron chi connectivity index (χ3n) is 5.03. The van der Waals surface area contributed by atoms with Gasteiger partial charge in [-0.05, 0) is 30.3 Å². The van der Waals surface area contributed by atoms with Crippen molar-refractivity contribution in [3.05, 3.63) is 60.7 Å². The van der Waals surface area contributed by atoms with E-state index >= 15 is 0 Å². The van der Waals surface area contributed by atoms with Gasteiger partial charge in [0.05, 0.1) is 14.2 Å². The molecule has 3 heterocycles.